The van der Waals surface area contributed by atoms with E-state index >= 15 is 0 Å². The van der Waals surface area contributed by atoms with Gasteiger partial charge in [-0.25, -0.2) is 4.79 Å². The number of ketones is 1. The SMILES string of the molecule is C=CCNC(=O)C(=O)C(CCC)NC(=O)[C@@H]1CCCN1C(=O)C(NC(=O)OC1CCC(C)C1)C1CCCCC1.CCC. The van der Waals surface area contributed by atoms with E-state index < -0.39 is 41.8 Å². The largest absolute Gasteiger partial charge is 0.446 e. The van der Waals surface area contributed by atoms with Crippen molar-refractivity contribution in [3.8, 4) is 0 Å². The van der Waals surface area contributed by atoms with E-state index in [2.05, 4.69) is 43.3 Å². The molecule has 0 bridgehead atoms. The maximum atomic E-state index is 13.9. The molecule has 3 rings (SSSR count). The highest BCUT2D eigenvalue weighted by Crippen LogP contribution is 2.30. The van der Waals surface area contributed by atoms with E-state index in [1.165, 1.54) is 17.4 Å². The molecule has 0 aromatic rings. The Labute approximate surface area is 252 Å². The van der Waals surface area contributed by atoms with Crippen LogP contribution in [0.25, 0.3) is 0 Å². The summed E-state index contributed by atoms with van der Waals surface area (Å²) in [6.07, 6.45) is 11.4. The van der Waals surface area contributed by atoms with E-state index in [0.29, 0.717) is 38.1 Å². The molecular formula is C32H54N4O6. The highest BCUT2D eigenvalue weighted by Gasteiger charge is 2.42. The lowest BCUT2D eigenvalue weighted by atomic mass is 9.83. The number of hydrogen-bond acceptors (Lipinski definition) is 6. The summed E-state index contributed by atoms with van der Waals surface area (Å²) in [4.78, 5) is 66.6. The summed E-state index contributed by atoms with van der Waals surface area (Å²) < 4.78 is 5.66. The Balaban J connectivity index is 0.00000197. The van der Waals surface area contributed by atoms with Crippen molar-refractivity contribution in [1.29, 1.82) is 0 Å². The minimum Gasteiger partial charge on any atom is -0.446 e. The lowest BCUT2D eigenvalue weighted by Crippen LogP contribution is -2.58. The van der Waals surface area contributed by atoms with E-state index in [1.54, 1.807) is 0 Å². The van der Waals surface area contributed by atoms with Crippen molar-refractivity contribution in [2.45, 2.75) is 135 Å². The molecule has 0 aromatic heterocycles. The van der Waals surface area contributed by atoms with Crippen molar-refractivity contribution < 1.29 is 28.7 Å². The normalized spacial score (nSPS) is 23.5. The summed E-state index contributed by atoms with van der Waals surface area (Å²) in [6, 6.07) is -2.50. The topological polar surface area (TPSA) is 134 Å². The number of ether oxygens (including phenoxy) is 1. The fraction of sp³-hybridized carbons (Fsp3) is 0.781. The molecule has 42 heavy (non-hydrogen) atoms. The Morgan fingerprint density at radius 3 is 2.24 bits per heavy atom. The van der Waals surface area contributed by atoms with Crippen molar-refractivity contribution in [1.82, 2.24) is 20.9 Å². The summed E-state index contributed by atoms with van der Waals surface area (Å²) in [5, 5.41) is 8.08. The molecule has 4 unspecified atom stereocenters. The van der Waals surface area contributed by atoms with E-state index in [-0.39, 0.29) is 24.5 Å². The molecule has 3 fully saturated rings. The van der Waals surface area contributed by atoms with Crippen LogP contribution >= 0.6 is 0 Å². The van der Waals surface area contributed by atoms with Crippen LogP contribution in [0.4, 0.5) is 4.79 Å². The third-order valence-corrected chi connectivity index (χ3v) is 8.26. The number of rotatable bonds is 12. The Kier molecular flexibility index (Phi) is 15.6. The maximum Gasteiger partial charge on any atom is 0.408 e. The van der Waals surface area contributed by atoms with E-state index in [0.717, 1.165) is 51.4 Å². The first-order chi connectivity index (χ1) is 20.2. The molecule has 3 N–H and O–H groups in total. The van der Waals surface area contributed by atoms with Crippen LogP contribution in [0.1, 0.15) is 111 Å². The molecule has 2 saturated carbocycles. The highest BCUT2D eigenvalue weighted by molar-refractivity contribution is 6.38. The zero-order chi connectivity index (χ0) is 31.1. The van der Waals surface area contributed by atoms with Crippen LogP contribution in [-0.2, 0) is 23.9 Å². The second kappa shape index (κ2) is 18.6. The number of alkyl carbamates (subject to hydrolysis) is 1. The minimum absolute atomic E-state index is 0.0198. The van der Waals surface area contributed by atoms with Crippen LogP contribution in [-0.4, -0.2) is 71.8 Å². The number of Topliss-reactive ketones (excluding diaryl/α,β-unsaturated/α-hetero) is 1. The smallest absolute Gasteiger partial charge is 0.408 e. The molecule has 5 atom stereocenters. The molecule has 0 aromatic carbocycles. The predicted octanol–water partition coefficient (Wildman–Crippen LogP) is 4.41. The van der Waals surface area contributed by atoms with Gasteiger partial charge in [-0.15, -0.1) is 6.58 Å². The van der Waals surface area contributed by atoms with Gasteiger partial charge in [0.15, 0.2) is 0 Å². The Morgan fingerprint density at radius 1 is 0.952 bits per heavy atom. The van der Waals surface area contributed by atoms with Gasteiger partial charge in [0.2, 0.25) is 17.6 Å². The Bertz CT molecular complexity index is 919. The molecular weight excluding hydrogens is 536 g/mol. The molecule has 1 heterocycles. The summed E-state index contributed by atoms with van der Waals surface area (Å²) >= 11 is 0. The van der Waals surface area contributed by atoms with Crippen molar-refractivity contribution in [3.05, 3.63) is 12.7 Å². The second-order valence-electron chi connectivity index (χ2n) is 12.1. The first-order valence-corrected chi connectivity index (χ1v) is 16.2. The second-order valence-corrected chi connectivity index (χ2v) is 12.1. The first kappa shape index (κ1) is 35.3. The zero-order valence-corrected chi connectivity index (χ0v) is 26.3. The van der Waals surface area contributed by atoms with Gasteiger partial charge in [0.25, 0.3) is 5.91 Å². The van der Waals surface area contributed by atoms with Gasteiger partial charge in [-0.1, -0.05) is 65.9 Å². The number of carbonyl (C=O) groups is 5. The number of carbonyl (C=O) groups excluding carboxylic acids is 5. The lowest BCUT2D eigenvalue weighted by molar-refractivity contribution is -0.143. The van der Waals surface area contributed by atoms with Crippen molar-refractivity contribution in [2.75, 3.05) is 13.1 Å². The number of hydrogen-bond donors (Lipinski definition) is 3. The molecule has 1 aliphatic heterocycles. The van der Waals surface area contributed by atoms with Gasteiger partial charge < -0.3 is 25.6 Å². The summed E-state index contributed by atoms with van der Waals surface area (Å²) in [5.74, 6) is -1.72. The molecule has 10 heteroatoms. The van der Waals surface area contributed by atoms with E-state index in [9.17, 15) is 24.0 Å². The zero-order valence-electron chi connectivity index (χ0n) is 26.3. The average molecular weight is 591 g/mol. The van der Waals surface area contributed by atoms with Crippen molar-refractivity contribution >= 4 is 29.6 Å². The molecule has 4 amide bonds. The lowest BCUT2D eigenvalue weighted by Gasteiger charge is -2.34. The van der Waals surface area contributed by atoms with Crippen molar-refractivity contribution in [3.63, 3.8) is 0 Å². The fourth-order valence-corrected chi connectivity index (χ4v) is 6.14. The molecule has 1 saturated heterocycles. The fourth-order valence-electron chi connectivity index (χ4n) is 6.14. The highest BCUT2D eigenvalue weighted by atomic mass is 16.6. The van der Waals surface area contributed by atoms with Crippen LogP contribution in [0, 0.1) is 11.8 Å². The van der Waals surface area contributed by atoms with Gasteiger partial charge in [0, 0.05) is 13.1 Å². The predicted molar refractivity (Wildman–Crippen MR) is 163 cm³/mol. The third kappa shape index (κ3) is 10.7. The van der Waals surface area contributed by atoms with Gasteiger partial charge in [-0.2, -0.15) is 0 Å². The quantitative estimate of drug-likeness (QED) is 0.228. The third-order valence-electron chi connectivity index (χ3n) is 8.26. The molecule has 10 nitrogen and oxygen atoms in total. The average Bonchev–Trinajstić information content (AvgIpc) is 3.63. The van der Waals surface area contributed by atoms with E-state index in [1.807, 2.05) is 6.92 Å². The number of nitrogens with zero attached hydrogens (tertiary/aromatic N) is 1. The number of likely N-dealkylation sites (tertiary alicyclic amines) is 1. The molecule has 238 valence electrons. The minimum atomic E-state index is -0.971. The van der Waals surface area contributed by atoms with Gasteiger partial charge in [-0.3, -0.25) is 19.2 Å². The van der Waals surface area contributed by atoms with E-state index in [4.69, 9.17) is 4.74 Å². The van der Waals surface area contributed by atoms with Gasteiger partial charge >= 0.3 is 6.09 Å². The van der Waals surface area contributed by atoms with Gasteiger partial charge in [-0.05, 0) is 63.2 Å². The monoisotopic (exact) mass is 590 g/mol. The van der Waals surface area contributed by atoms with Gasteiger partial charge in [0.05, 0.1) is 6.04 Å². The molecule has 3 aliphatic rings. The Morgan fingerprint density at radius 2 is 1.64 bits per heavy atom. The molecule has 0 spiro atoms. The molecule has 2 aliphatic carbocycles. The maximum absolute atomic E-state index is 13.9. The molecule has 0 radical (unpaired) electrons. The number of amides is 4. The van der Waals surface area contributed by atoms with Crippen LogP contribution in [0.2, 0.25) is 0 Å². The summed E-state index contributed by atoms with van der Waals surface area (Å²) in [6.45, 7) is 12.3. The first-order valence-electron chi connectivity index (χ1n) is 16.2. The summed E-state index contributed by atoms with van der Waals surface area (Å²) in [5.41, 5.74) is 0. The number of nitrogens with one attached hydrogen (secondary N) is 3. The van der Waals surface area contributed by atoms with Crippen LogP contribution in [0.15, 0.2) is 12.7 Å². The van der Waals surface area contributed by atoms with Crippen LogP contribution < -0.4 is 16.0 Å². The van der Waals surface area contributed by atoms with Crippen molar-refractivity contribution in [2.24, 2.45) is 11.8 Å². The summed E-state index contributed by atoms with van der Waals surface area (Å²) in [7, 11) is 0. The van der Waals surface area contributed by atoms with Crippen LogP contribution in [0.5, 0.6) is 0 Å². The Hall–Kier alpha value is -2.91. The van der Waals surface area contributed by atoms with Crippen LogP contribution in [0.3, 0.4) is 0 Å². The van der Waals surface area contributed by atoms with Gasteiger partial charge in [0.1, 0.15) is 18.2 Å². The standard InChI is InChI=1S/C29H46N4O6.C3H8/c1-4-10-22(25(34)27(36)30-16-5-2)31-26(35)23-13-9-17-33(23)28(37)24(20-11-7-6-8-12-20)32-29(38)39-21-15-14-19(3)18-21;1-3-2/h5,19-24H,2,4,6-18H2,1,3H3,(H,30,36)(H,31,35)(H,32,38);3H2,1-2H3/t19?,21?,22?,23-,24?;/m0./s1.